The molecule has 0 atom stereocenters. The van der Waals surface area contributed by atoms with Gasteiger partial charge in [0, 0.05) is 33.5 Å². The molecule has 3 N–H and O–H groups in total. The maximum atomic E-state index is 11.4. The summed E-state index contributed by atoms with van der Waals surface area (Å²) < 4.78 is 0.846. The van der Waals surface area contributed by atoms with E-state index < -0.39 is 11.8 Å². The molecule has 0 aliphatic rings. The van der Waals surface area contributed by atoms with Crippen LogP contribution in [0.2, 0.25) is 5.02 Å². The summed E-state index contributed by atoms with van der Waals surface area (Å²) in [5.74, 6) is -1.60. The molecule has 0 bridgehead atoms. The van der Waals surface area contributed by atoms with Gasteiger partial charge in [0.25, 0.3) is 0 Å². The number of nitrogens with zero attached hydrogens (tertiary/aromatic N) is 1. The third-order valence-electron chi connectivity index (χ3n) is 3.27. The maximum absolute atomic E-state index is 11.4. The van der Waals surface area contributed by atoms with Crippen LogP contribution < -0.4 is 16.1 Å². The number of hydrazone groups is 1. The first-order valence-corrected chi connectivity index (χ1v) is 8.45. The van der Waals surface area contributed by atoms with Crippen molar-refractivity contribution in [3.8, 4) is 0 Å². The standard InChI is InChI=1S/C17H16BrClN4O2/c1-10-3-5-13(8-14(10)19)22-15-6-4-12(18)7-11(15)9-21-23-17(25)16(24)20-2/h3-9,22H,1-2H3,(H,20,24)(H,23,25)/b21-9-. The van der Waals surface area contributed by atoms with Crippen molar-refractivity contribution in [3.63, 3.8) is 0 Å². The fourth-order valence-electron chi connectivity index (χ4n) is 1.91. The van der Waals surface area contributed by atoms with Crippen molar-refractivity contribution >= 4 is 56.9 Å². The summed E-state index contributed by atoms with van der Waals surface area (Å²) >= 11 is 9.54. The Morgan fingerprint density at radius 2 is 1.92 bits per heavy atom. The second-order valence-electron chi connectivity index (χ2n) is 5.10. The molecule has 6 nitrogen and oxygen atoms in total. The van der Waals surface area contributed by atoms with Crippen LogP contribution in [0.4, 0.5) is 11.4 Å². The fourth-order valence-corrected chi connectivity index (χ4v) is 2.46. The summed E-state index contributed by atoms with van der Waals surface area (Å²) in [6.07, 6.45) is 1.45. The molecule has 0 spiro atoms. The van der Waals surface area contributed by atoms with Crippen molar-refractivity contribution in [2.45, 2.75) is 6.92 Å². The number of carbonyl (C=O) groups is 2. The zero-order valence-electron chi connectivity index (χ0n) is 13.6. The Morgan fingerprint density at radius 1 is 1.16 bits per heavy atom. The highest BCUT2D eigenvalue weighted by atomic mass is 79.9. The third-order valence-corrected chi connectivity index (χ3v) is 4.17. The quantitative estimate of drug-likeness (QED) is 0.401. The van der Waals surface area contributed by atoms with E-state index in [-0.39, 0.29) is 0 Å². The van der Waals surface area contributed by atoms with Crippen LogP contribution >= 0.6 is 27.5 Å². The topological polar surface area (TPSA) is 82.6 Å². The van der Waals surface area contributed by atoms with Gasteiger partial charge in [0.2, 0.25) is 0 Å². The van der Waals surface area contributed by atoms with Crippen LogP contribution in [-0.4, -0.2) is 25.1 Å². The number of hydrogen-bond acceptors (Lipinski definition) is 4. The second kappa shape index (κ2) is 8.64. The number of amides is 2. The van der Waals surface area contributed by atoms with Crippen LogP contribution in [0.25, 0.3) is 0 Å². The molecule has 0 aliphatic heterocycles. The van der Waals surface area contributed by atoms with Gasteiger partial charge in [0.05, 0.1) is 6.21 Å². The average Bonchev–Trinajstić information content (AvgIpc) is 2.59. The first-order valence-electron chi connectivity index (χ1n) is 7.28. The molecule has 0 heterocycles. The summed E-state index contributed by atoms with van der Waals surface area (Å²) in [6, 6.07) is 11.2. The highest BCUT2D eigenvalue weighted by Crippen LogP contribution is 2.26. The molecular formula is C17H16BrClN4O2. The number of likely N-dealkylation sites (N-methyl/N-ethyl adjacent to an activating group) is 1. The Hall–Kier alpha value is -2.38. The first-order chi connectivity index (χ1) is 11.9. The van der Waals surface area contributed by atoms with E-state index in [1.165, 1.54) is 13.3 Å². The van der Waals surface area contributed by atoms with E-state index in [4.69, 9.17) is 11.6 Å². The van der Waals surface area contributed by atoms with E-state index in [1.54, 1.807) is 0 Å². The van der Waals surface area contributed by atoms with Crippen LogP contribution in [0, 0.1) is 6.92 Å². The summed E-state index contributed by atoms with van der Waals surface area (Å²) in [4.78, 5) is 22.5. The number of aryl methyl sites for hydroxylation is 1. The molecular weight excluding hydrogens is 408 g/mol. The molecule has 130 valence electrons. The number of nitrogens with one attached hydrogen (secondary N) is 3. The summed E-state index contributed by atoms with van der Waals surface area (Å²) in [5, 5.41) is 9.95. The van der Waals surface area contributed by atoms with Crippen LogP contribution in [0.5, 0.6) is 0 Å². The van der Waals surface area contributed by atoms with Gasteiger partial charge in [-0.3, -0.25) is 9.59 Å². The van der Waals surface area contributed by atoms with Crippen LogP contribution in [0.3, 0.4) is 0 Å². The molecule has 0 fully saturated rings. The number of benzene rings is 2. The molecule has 0 aliphatic carbocycles. The first kappa shape index (κ1) is 19.0. The third kappa shape index (κ3) is 5.30. The Labute approximate surface area is 158 Å². The number of rotatable bonds is 4. The predicted molar refractivity (Wildman–Crippen MR) is 103 cm³/mol. The Kier molecular flexibility index (Phi) is 6.55. The minimum absolute atomic E-state index is 0.662. The predicted octanol–water partition coefficient (Wildman–Crippen LogP) is 3.35. The lowest BCUT2D eigenvalue weighted by Crippen LogP contribution is -2.35. The molecule has 8 heteroatoms. The van der Waals surface area contributed by atoms with Gasteiger partial charge in [-0.1, -0.05) is 33.6 Å². The van der Waals surface area contributed by atoms with Gasteiger partial charge >= 0.3 is 11.8 Å². The van der Waals surface area contributed by atoms with E-state index in [9.17, 15) is 9.59 Å². The van der Waals surface area contributed by atoms with E-state index in [2.05, 4.69) is 37.1 Å². The number of anilines is 2. The van der Waals surface area contributed by atoms with Crippen molar-refractivity contribution in [2.24, 2.45) is 5.10 Å². The van der Waals surface area contributed by atoms with Crippen LogP contribution in [0.1, 0.15) is 11.1 Å². The number of halogens is 2. The molecule has 0 saturated carbocycles. The van der Waals surface area contributed by atoms with Crippen molar-refractivity contribution < 1.29 is 9.59 Å². The summed E-state index contributed by atoms with van der Waals surface area (Å²) in [6.45, 7) is 1.93. The highest BCUT2D eigenvalue weighted by molar-refractivity contribution is 9.10. The molecule has 2 amide bonds. The van der Waals surface area contributed by atoms with Gasteiger partial charge in [-0.25, -0.2) is 5.43 Å². The van der Waals surface area contributed by atoms with Gasteiger partial charge < -0.3 is 10.6 Å². The van der Waals surface area contributed by atoms with E-state index in [1.807, 2.05) is 43.3 Å². The van der Waals surface area contributed by atoms with Gasteiger partial charge in [-0.05, 0) is 42.8 Å². The van der Waals surface area contributed by atoms with Crippen LogP contribution in [-0.2, 0) is 9.59 Å². The lowest BCUT2D eigenvalue weighted by molar-refractivity contribution is -0.138. The molecule has 0 aromatic heterocycles. The summed E-state index contributed by atoms with van der Waals surface area (Å²) in [5.41, 5.74) is 5.45. The summed E-state index contributed by atoms with van der Waals surface area (Å²) in [7, 11) is 1.37. The number of carbonyl (C=O) groups excluding carboxylic acids is 2. The monoisotopic (exact) mass is 422 g/mol. The normalized spacial score (nSPS) is 10.6. The number of hydrogen-bond donors (Lipinski definition) is 3. The van der Waals surface area contributed by atoms with Gasteiger partial charge in [-0.15, -0.1) is 0 Å². The Balaban J connectivity index is 2.20. The van der Waals surface area contributed by atoms with E-state index in [0.29, 0.717) is 10.6 Å². The van der Waals surface area contributed by atoms with Crippen molar-refractivity contribution in [2.75, 3.05) is 12.4 Å². The Morgan fingerprint density at radius 3 is 2.60 bits per heavy atom. The molecule has 2 aromatic rings. The lowest BCUT2D eigenvalue weighted by Gasteiger charge is -2.11. The van der Waals surface area contributed by atoms with Crippen molar-refractivity contribution in [1.82, 2.24) is 10.7 Å². The van der Waals surface area contributed by atoms with Crippen LogP contribution in [0.15, 0.2) is 46.0 Å². The lowest BCUT2D eigenvalue weighted by atomic mass is 10.1. The minimum Gasteiger partial charge on any atom is -0.355 e. The minimum atomic E-state index is -0.839. The maximum Gasteiger partial charge on any atom is 0.329 e. The molecule has 2 rings (SSSR count). The molecule has 0 radical (unpaired) electrons. The Bertz CT molecular complexity index is 839. The smallest absolute Gasteiger partial charge is 0.329 e. The molecule has 0 unspecified atom stereocenters. The highest BCUT2D eigenvalue weighted by Gasteiger charge is 2.09. The van der Waals surface area contributed by atoms with E-state index >= 15 is 0 Å². The van der Waals surface area contributed by atoms with Crippen molar-refractivity contribution in [3.05, 3.63) is 57.0 Å². The molecule has 25 heavy (non-hydrogen) atoms. The molecule has 2 aromatic carbocycles. The SMILES string of the molecule is CNC(=O)C(=O)N/N=C\c1cc(Br)ccc1Nc1ccc(C)c(Cl)c1. The largest absolute Gasteiger partial charge is 0.355 e. The average molecular weight is 424 g/mol. The zero-order valence-corrected chi connectivity index (χ0v) is 15.9. The second-order valence-corrected chi connectivity index (χ2v) is 6.42. The molecule has 0 saturated heterocycles. The van der Waals surface area contributed by atoms with E-state index in [0.717, 1.165) is 21.4 Å². The van der Waals surface area contributed by atoms with Gasteiger partial charge in [-0.2, -0.15) is 5.10 Å². The van der Waals surface area contributed by atoms with Gasteiger partial charge in [0.1, 0.15) is 0 Å². The zero-order chi connectivity index (χ0) is 18.4. The van der Waals surface area contributed by atoms with Gasteiger partial charge in [0.15, 0.2) is 0 Å². The van der Waals surface area contributed by atoms with Crippen molar-refractivity contribution in [1.29, 1.82) is 0 Å². The fraction of sp³-hybridized carbons (Fsp3) is 0.118.